The number of aromatic nitrogens is 2. The van der Waals surface area contributed by atoms with Crippen molar-refractivity contribution in [2.75, 3.05) is 18.0 Å². The highest BCUT2D eigenvalue weighted by Crippen LogP contribution is 2.40. The molecule has 8 nitrogen and oxygen atoms in total. The zero-order valence-electron chi connectivity index (χ0n) is 16.5. The van der Waals surface area contributed by atoms with E-state index in [1.54, 1.807) is 18.3 Å². The number of carbonyl (C=O) groups is 1. The average Bonchev–Trinajstić information content (AvgIpc) is 3.31. The normalized spacial score (nSPS) is 21.3. The zero-order chi connectivity index (χ0) is 20.3. The number of piperidine rings is 1. The van der Waals surface area contributed by atoms with Gasteiger partial charge in [-0.1, -0.05) is 0 Å². The van der Waals surface area contributed by atoms with E-state index in [1.165, 1.54) is 11.3 Å². The maximum absolute atomic E-state index is 12.5. The molecule has 1 N–H and O–H groups in total. The monoisotopic (exact) mass is 414 g/mol. The number of phenols is 1. The van der Waals surface area contributed by atoms with Crippen LogP contribution in [-0.4, -0.2) is 56.8 Å². The van der Waals surface area contributed by atoms with Crippen LogP contribution in [0.25, 0.3) is 21.7 Å². The number of piperazine rings is 1. The van der Waals surface area contributed by atoms with Crippen LogP contribution in [-0.2, 0) is 4.74 Å². The molecule has 1 aromatic carbocycles. The van der Waals surface area contributed by atoms with Crippen molar-refractivity contribution in [1.82, 2.24) is 14.9 Å². The fourth-order valence-electron chi connectivity index (χ4n) is 4.02. The third-order valence-electron chi connectivity index (χ3n) is 5.24. The molecule has 5 heterocycles. The summed E-state index contributed by atoms with van der Waals surface area (Å²) in [7, 11) is 0. The lowest BCUT2D eigenvalue weighted by atomic mass is 9.88. The molecule has 2 unspecified atom stereocenters. The molecule has 3 aliphatic rings. The predicted molar refractivity (Wildman–Crippen MR) is 109 cm³/mol. The number of carbonyl (C=O) groups excluding carboxylic acids is 1. The lowest BCUT2D eigenvalue weighted by Gasteiger charge is -2.55. The second-order valence-electron chi connectivity index (χ2n) is 8.48. The molecule has 2 atom stereocenters. The molecule has 1 amide bonds. The van der Waals surface area contributed by atoms with Crippen molar-refractivity contribution in [2.24, 2.45) is 0 Å². The number of hydrogen-bond donors (Lipinski definition) is 1. The summed E-state index contributed by atoms with van der Waals surface area (Å²) in [5, 5.41) is 13.0. The predicted octanol–water partition coefficient (Wildman–Crippen LogP) is 3.85. The highest BCUT2D eigenvalue weighted by molar-refractivity contribution is 7.13. The topological polar surface area (TPSA) is 91.9 Å². The highest BCUT2D eigenvalue weighted by Gasteiger charge is 2.49. The van der Waals surface area contributed by atoms with Crippen molar-refractivity contribution >= 4 is 34.5 Å². The van der Waals surface area contributed by atoms with Crippen LogP contribution >= 0.6 is 11.3 Å². The maximum atomic E-state index is 12.5. The summed E-state index contributed by atoms with van der Waals surface area (Å²) in [6.45, 7) is 6.86. The molecule has 9 heteroatoms. The third kappa shape index (κ3) is 3.09. The first-order valence-electron chi connectivity index (χ1n) is 9.59. The van der Waals surface area contributed by atoms with E-state index in [0.717, 1.165) is 17.0 Å². The summed E-state index contributed by atoms with van der Waals surface area (Å²) in [6, 6.07) is 4.02. The minimum atomic E-state index is -0.509. The van der Waals surface area contributed by atoms with Gasteiger partial charge in [-0.05, 0) is 39.3 Å². The first-order chi connectivity index (χ1) is 13.8. The summed E-state index contributed by atoms with van der Waals surface area (Å²) in [6.07, 6.45) is 2.42. The van der Waals surface area contributed by atoms with E-state index < -0.39 is 5.60 Å². The number of aromatic hydroxyl groups is 1. The van der Waals surface area contributed by atoms with Crippen LogP contribution in [0.15, 0.2) is 28.1 Å². The van der Waals surface area contributed by atoms with Crippen LogP contribution in [0.1, 0.15) is 27.2 Å². The van der Waals surface area contributed by atoms with Crippen LogP contribution in [0.5, 0.6) is 5.75 Å². The maximum Gasteiger partial charge on any atom is 0.410 e. The number of rotatable bonds is 2. The third-order valence-corrected chi connectivity index (χ3v) is 6.05. The van der Waals surface area contributed by atoms with Crippen molar-refractivity contribution in [2.45, 2.75) is 44.9 Å². The van der Waals surface area contributed by atoms with E-state index in [1.807, 2.05) is 36.0 Å². The first kappa shape index (κ1) is 18.2. The van der Waals surface area contributed by atoms with E-state index in [-0.39, 0.29) is 23.9 Å². The second-order valence-corrected chi connectivity index (χ2v) is 9.37. The number of benzene rings is 1. The molecule has 0 aliphatic carbocycles. The molecule has 3 fully saturated rings. The second kappa shape index (κ2) is 6.35. The molecule has 0 saturated carbocycles. The molecule has 3 aliphatic heterocycles. The number of hydrogen-bond acceptors (Lipinski definition) is 8. The van der Waals surface area contributed by atoms with Gasteiger partial charge in [0.1, 0.15) is 16.1 Å². The molecule has 6 rings (SSSR count). The molecular formula is C20H22N4O4S. The van der Waals surface area contributed by atoms with Gasteiger partial charge in [0.05, 0.1) is 12.1 Å². The molecule has 2 bridgehead atoms. The first-order valence-corrected chi connectivity index (χ1v) is 10.5. The lowest BCUT2D eigenvalue weighted by molar-refractivity contribution is -0.0386. The van der Waals surface area contributed by atoms with Crippen molar-refractivity contribution in [3.05, 3.63) is 23.7 Å². The van der Waals surface area contributed by atoms with Crippen LogP contribution in [0.3, 0.4) is 0 Å². The fraction of sp³-hybridized carbons (Fsp3) is 0.450. The SMILES string of the molecule is CC(C)(C)OC(=O)N1C2CC1CN(c1nc3c(-c4nccs4)ccc(O)c3o1)C2. The Morgan fingerprint density at radius 1 is 1.31 bits per heavy atom. The molecule has 152 valence electrons. The van der Waals surface area contributed by atoms with E-state index in [0.29, 0.717) is 30.2 Å². The Labute approximate surface area is 171 Å². The molecule has 3 aromatic rings. The van der Waals surface area contributed by atoms with Gasteiger partial charge in [-0.2, -0.15) is 4.98 Å². The quantitative estimate of drug-likeness (QED) is 0.681. The number of nitrogens with zero attached hydrogens (tertiary/aromatic N) is 4. The van der Waals surface area contributed by atoms with E-state index in [4.69, 9.17) is 9.15 Å². The number of oxazole rings is 1. The van der Waals surface area contributed by atoms with Crippen LogP contribution in [0.2, 0.25) is 0 Å². The van der Waals surface area contributed by atoms with Crippen molar-refractivity contribution < 1.29 is 19.1 Å². The number of amides is 1. The largest absolute Gasteiger partial charge is 0.504 e. The summed E-state index contributed by atoms with van der Waals surface area (Å²) in [5.74, 6) is 0.0524. The molecular weight excluding hydrogens is 392 g/mol. The van der Waals surface area contributed by atoms with Crippen LogP contribution < -0.4 is 4.90 Å². The van der Waals surface area contributed by atoms with Gasteiger partial charge in [0.15, 0.2) is 11.3 Å². The van der Waals surface area contributed by atoms with Crippen molar-refractivity contribution in [3.8, 4) is 16.3 Å². The minimum Gasteiger partial charge on any atom is -0.504 e. The Kier molecular flexibility index (Phi) is 3.99. The zero-order valence-corrected chi connectivity index (χ0v) is 17.3. The molecule has 0 spiro atoms. The summed E-state index contributed by atoms with van der Waals surface area (Å²) < 4.78 is 11.5. The van der Waals surface area contributed by atoms with Gasteiger partial charge in [0, 0.05) is 30.2 Å². The number of fused-ring (bicyclic) bond motifs is 3. The Bertz CT molecular complexity index is 1060. The molecule has 3 saturated heterocycles. The Morgan fingerprint density at radius 3 is 2.72 bits per heavy atom. The summed E-state index contributed by atoms with van der Waals surface area (Å²) in [4.78, 5) is 25.3. The summed E-state index contributed by atoms with van der Waals surface area (Å²) >= 11 is 1.51. The average molecular weight is 414 g/mol. The van der Waals surface area contributed by atoms with Gasteiger partial charge >= 0.3 is 6.09 Å². The van der Waals surface area contributed by atoms with Crippen LogP contribution in [0.4, 0.5) is 10.8 Å². The standard InChI is InChI=1S/C20H22N4O4S/c1-20(2,3)28-19(26)24-11-8-12(24)10-23(9-11)18-22-15-13(17-21-6-7-29-17)4-5-14(25)16(15)27-18/h4-7,11-12,25H,8-10H2,1-3H3. The fourth-order valence-corrected chi connectivity index (χ4v) is 4.69. The number of phenolic OH excluding ortho intramolecular Hbond substituents is 1. The van der Waals surface area contributed by atoms with Gasteiger partial charge in [-0.25, -0.2) is 9.78 Å². The van der Waals surface area contributed by atoms with Crippen molar-refractivity contribution in [1.29, 1.82) is 0 Å². The number of ether oxygens (including phenoxy) is 1. The Balaban J connectivity index is 1.40. The summed E-state index contributed by atoms with van der Waals surface area (Å²) in [5.41, 5.74) is 1.28. The van der Waals surface area contributed by atoms with Gasteiger partial charge in [0.2, 0.25) is 0 Å². The minimum absolute atomic E-state index is 0.0524. The smallest absolute Gasteiger partial charge is 0.410 e. The van der Waals surface area contributed by atoms with Gasteiger partial charge < -0.3 is 19.2 Å². The Morgan fingerprint density at radius 2 is 2.07 bits per heavy atom. The molecule has 29 heavy (non-hydrogen) atoms. The number of anilines is 1. The van der Waals surface area contributed by atoms with E-state index >= 15 is 0 Å². The van der Waals surface area contributed by atoms with Crippen molar-refractivity contribution in [3.63, 3.8) is 0 Å². The lowest BCUT2D eigenvalue weighted by Crippen LogP contribution is -2.70. The molecule has 0 radical (unpaired) electrons. The van der Waals surface area contributed by atoms with E-state index in [2.05, 4.69) is 9.97 Å². The van der Waals surface area contributed by atoms with E-state index in [9.17, 15) is 9.90 Å². The molecule has 2 aromatic heterocycles. The van der Waals surface area contributed by atoms with Gasteiger partial charge in [-0.15, -0.1) is 11.3 Å². The highest BCUT2D eigenvalue weighted by atomic mass is 32.1. The Hall–Kier alpha value is -2.81. The van der Waals surface area contributed by atoms with Gasteiger partial charge in [-0.3, -0.25) is 4.90 Å². The number of thiazole rings is 1. The van der Waals surface area contributed by atoms with Gasteiger partial charge in [0.25, 0.3) is 6.01 Å². The van der Waals surface area contributed by atoms with Crippen LogP contribution in [0, 0.1) is 0 Å².